The van der Waals surface area contributed by atoms with E-state index in [4.69, 9.17) is 16.6 Å². The third-order valence-corrected chi connectivity index (χ3v) is 12.8. The van der Waals surface area contributed by atoms with Crippen LogP contribution >= 0.6 is 0 Å². The summed E-state index contributed by atoms with van der Waals surface area (Å²) in [4.78, 5) is 4.70. The Morgan fingerprint density at radius 3 is 2.06 bits per heavy atom. The molecular weight excluding hydrogens is 1040 g/mol. The molecule has 0 amide bonds. The first-order valence-electron chi connectivity index (χ1n) is 26.7. The molecular formula is C64H54N4OPt-2. The van der Waals surface area contributed by atoms with Crippen LogP contribution in [0.5, 0.6) is 11.5 Å². The van der Waals surface area contributed by atoms with Gasteiger partial charge in [0.25, 0.3) is 6.33 Å². The van der Waals surface area contributed by atoms with Crippen molar-refractivity contribution >= 4 is 32.8 Å². The maximum Gasteiger partial charge on any atom is 0.268 e. The van der Waals surface area contributed by atoms with Crippen molar-refractivity contribution < 1.29 is 40.0 Å². The maximum absolute atomic E-state index is 9.33. The summed E-state index contributed by atoms with van der Waals surface area (Å²) in [7, 11) is 0. The van der Waals surface area contributed by atoms with Gasteiger partial charge in [0.2, 0.25) is 0 Å². The number of benzene rings is 8. The molecule has 348 valence electrons. The van der Waals surface area contributed by atoms with Gasteiger partial charge in [-0.3, -0.25) is 4.57 Å². The fraction of sp³-hybridized carbons (Fsp3) is 0.156. The first-order chi connectivity index (χ1) is 36.2. The number of aryl methyl sites for hydroxylation is 1. The first kappa shape index (κ1) is 38.5. The Balaban J connectivity index is 0.00000672. The van der Waals surface area contributed by atoms with Crippen LogP contribution in [-0.2, 0) is 38.3 Å². The van der Waals surface area contributed by atoms with E-state index in [1.165, 1.54) is 6.92 Å². The third-order valence-electron chi connectivity index (χ3n) is 12.8. The van der Waals surface area contributed by atoms with Gasteiger partial charge in [-0.1, -0.05) is 181 Å². The normalized spacial score (nSPS) is 13.5. The number of imidazole rings is 1. The van der Waals surface area contributed by atoms with E-state index >= 15 is 0 Å². The SMILES string of the molecule is [2H]c1c([2H])c([2H])c(-c2cccc(-c3cc(C(C)(C)C)cc(C(C)(C)C)c3)c2-[n+]2[c-]n(-c3[c-]c(Oc4[c-]c5c(cc4)c4ccccc4n5-c4cc(C([2H])([2H])C)ccn4)ccc3)c3ccc(-c4ccccc4)cc32)c([2H])c1[2H].[Pt]. The summed E-state index contributed by atoms with van der Waals surface area (Å²) in [5, 5.41) is 1.93. The summed E-state index contributed by atoms with van der Waals surface area (Å²) in [6, 6.07) is 54.9. The number of pyridine rings is 1. The van der Waals surface area contributed by atoms with Crippen LogP contribution in [-0.4, -0.2) is 14.1 Å². The van der Waals surface area contributed by atoms with E-state index < -0.39 is 24.5 Å². The van der Waals surface area contributed by atoms with Gasteiger partial charge in [-0.05, 0) is 103 Å². The van der Waals surface area contributed by atoms with Crippen molar-refractivity contribution in [2.75, 3.05) is 0 Å². The molecule has 0 aliphatic rings. The molecule has 3 aromatic heterocycles. The second-order valence-electron chi connectivity index (χ2n) is 19.4. The minimum absolute atomic E-state index is 0. The summed E-state index contributed by atoms with van der Waals surface area (Å²) in [5.74, 6) is 1.40. The summed E-state index contributed by atoms with van der Waals surface area (Å²) in [6.45, 7) is 14.7. The predicted molar refractivity (Wildman–Crippen MR) is 283 cm³/mol. The van der Waals surface area contributed by atoms with E-state index in [2.05, 4.69) is 102 Å². The van der Waals surface area contributed by atoms with Crippen LogP contribution in [0.2, 0.25) is 0 Å². The molecule has 0 radical (unpaired) electrons. The standard InChI is InChI=1S/C64H54N4O.Pt/c1-8-43-33-34-65-61(35-43)68-57-28-16-15-25-55(57)56-31-30-52(41-59(56)68)69-51-24-17-23-50(40-51)66-42-67(60-38-46(29-32-58(60)66)44-19-11-9-12-20-44)62-53(45-21-13-10-14-22-45)26-18-27-54(62)47-36-48(63(2,3)4)39-49(37-47)64(5,6)7;/h9-39H,8H2,1-7H3;/q-2;/i8D2,10D,13D,14D,21D,22D;. The molecule has 0 unspecified atom stereocenters. The number of hydrogen-bond acceptors (Lipinski definition) is 2. The Bertz CT molecular complexity index is 4050. The molecule has 0 saturated carbocycles. The molecule has 0 saturated heterocycles. The molecule has 70 heavy (non-hydrogen) atoms. The minimum Gasteiger partial charge on any atom is -0.510 e. The number of ether oxygens (including phenoxy) is 1. The summed E-state index contributed by atoms with van der Waals surface area (Å²) < 4.78 is 74.2. The molecule has 0 spiro atoms. The van der Waals surface area contributed by atoms with Crippen LogP contribution < -0.4 is 9.30 Å². The Morgan fingerprint density at radius 2 is 1.31 bits per heavy atom. The average molecular weight is 1100 g/mol. The van der Waals surface area contributed by atoms with E-state index in [0.717, 1.165) is 60.7 Å². The molecule has 0 aliphatic carbocycles. The van der Waals surface area contributed by atoms with Crippen molar-refractivity contribution in [3.8, 4) is 62.1 Å². The smallest absolute Gasteiger partial charge is 0.268 e. The van der Waals surface area contributed by atoms with Crippen molar-refractivity contribution in [3.63, 3.8) is 0 Å². The first-order valence-corrected chi connectivity index (χ1v) is 23.2. The molecule has 0 bridgehead atoms. The predicted octanol–water partition coefficient (Wildman–Crippen LogP) is 15.7. The van der Waals surface area contributed by atoms with Gasteiger partial charge in [0.05, 0.1) is 23.6 Å². The average Bonchev–Trinajstić information content (AvgIpc) is 3.97. The molecule has 0 fully saturated rings. The Kier molecular flexibility index (Phi) is 10.2. The summed E-state index contributed by atoms with van der Waals surface area (Å²) in [6.07, 6.45) is 3.76. The molecule has 6 heteroatoms. The van der Waals surface area contributed by atoms with Crippen LogP contribution in [0, 0.1) is 18.5 Å². The molecule has 0 atom stereocenters. The zero-order chi connectivity index (χ0) is 53.6. The van der Waals surface area contributed by atoms with Crippen LogP contribution in [0.4, 0.5) is 0 Å². The number of para-hydroxylation sites is 2. The third kappa shape index (κ3) is 8.69. The zero-order valence-corrected chi connectivity index (χ0v) is 42.3. The number of aromatic nitrogens is 4. The molecule has 3 heterocycles. The molecule has 11 rings (SSSR count). The van der Waals surface area contributed by atoms with Crippen LogP contribution in [0.15, 0.2) is 188 Å². The van der Waals surface area contributed by atoms with Crippen molar-refractivity contribution in [1.29, 1.82) is 0 Å². The van der Waals surface area contributed by atoms with Gasteiger partial charge < -0.3 is 13.9 Å². The van der Waals surface area contributed by atoms with Crippen LogP contribution in [0.3, 0.4) is 0 Å². The molecule has 0 N–H and O–H groups in total. The quantitative estimate of drug-likeness (QED) is 0.107. The zero-order valence-electron chi connectivity index (χ0n) is 47.0. The molecule has 11 aromatic rings. The second-order valence-corrected chi connectivity index (χ2v) is 19.4. The molecule has 5 nitrogen and oxygen atoms in total. The largest absolute Gasteiger partial charge is 0.510 e. The van der Waals surface area contributed by atoms with Crippen molar-refractivity contribution in [1.82, 2.24) is 14.1 Å². The Hall–Kier alpha value is -7.33. The Labute approximate surface area is 435 Å². The van der Waals surface area contributed by atoms with Gasteiger partial charge in [0.1, 0.15) is 5.82 Å². The number of fused-ring (bicyclic) bond motifs is 4. The van der Waals surface area contributed by atoms with E-state index in [9.17, 15) is 2.74 Å². The topological polar surface area (TPSA) is 35.9 Å². The summed E-state index contributed by atoms with van der Waals surface area (Å²) >= 11 is 0. The van der Waals surface area contributed by atoms with Gasteiger partial charge >= 0.3 is 0 Å². The van der Waals surface area contributed by atoms with E-state index in [-0.39, 0.29) is 49.5 Å². The van der Waals surface area contributed by atoms with Gasteiger partial charge in [-0.15, -0.1) is 29.7 Å². The number of hydrogen-bond donors (Lipinski definition) is 0. The van der Waals surface area contributed by atoms with E-state index in [0.29, 0.717) is 45.3 Å². The van der Waals surface area contributed by atoms with E-state index in [1.807, 2.05) is 111 Å². The van der Waals surface area contributed by atoms with E-state index in [1.54, 1.807) is 18.3 Å². The Morgan fingerprint density at radius 1 is 0.614 bits per heavy atom. The number of rotatable bonds is 9. The number of nitrogens with zero attached hydrogens (tertiary/aromatic N) is 4. The van der Waals surface area contributed by atoms with Crippen LogP contribution in [0.25, 0.3) is 83.4 Å². The van der Waals surface area contributed by atoms with Gasteiger partial charge in [0.15, 0.2) is 0 Å². The van der Waals surface area contributed by atoms with Crippen molar-refractivity contribution in [3.05, 3.63) is 223 Å². The fourth-order valence-electron chi connectivity index (χ4n) is 9.13. The second kappa shape index (κ2) is 18.5. The van der Waals surface area contributed by atoms with Gasteiger partial charge in [-0.25, -0.2) is 4.98 Å². The minimum atomic E-state index is -1.58. The maximum atomic E-state index is 9.33. The van der Waals surface area contributed by atoms with Crippen LogP contribution in [0.1, 0.15) is 74.8 Å². The molecule has 0 aliphatic heterocycles. The van der Waals surface area contributed by atoms with Crippen molar-refractivity contribution in [2.45, 2.75) is 65.7 Å². The van der Waals surface area contributed by atoms with Crippen molar-refractivity contribution in [2.24, 2.45) is 0 Å². The monoisotopic (exact) mass is 1100 g/mol. The van der Waals surface area contributed by atoms with Gasteiger partial charge in [-0.2, -0.15) is 18.2 Å². The van der Waals surface area contributed by atoms with Gasteiger partial charge in [0, 0.05) is 47.0 Å². The fourth-order valence-corrected chi connectivity index (χ4v) is 9.13. The summed E-state index contributed by atoms with van der Waals surface area (Å²) in [5.41, 5.74) is 10.8. The molecule has 8 aromatic carbocycles.